The molecule has 0 saturated carbocycles. The second-order valence-electron chi connectivity index (χ2n) is 13.5. The fraction of sp³-hybridized carbons (Fsp3) is 0.564. The van der Waals surface area contributed by atoms with Gasteiger partial charge in [-0.3, -0.25) is 9.59 Å². The van der Waals surface area contributed by atoms with Gasteiger partial charge in [0.15, 0.2) is 0 Å². The molecule has 2 aromatic rings. The van der Waals surface area contributed by atoms with Gasteiger partial charge in [0.05, 0.1) is 52.9 Å². The van der Waals surface area contributed by atoms with Crippen molar-refractivity contribution in [2.45, 2.75) is 52.1 Å². The molecule has 0 spiro atoms. The van der Waals surface area contributed by atoms with Crippen molar-refractivity contribution in [3.8, 4) is 0 Å². The maximum atomic E-state index is 13.0. The van der Waals surface area contributed by atoms with Crippen molar-refractivity contribution in [3.05, 3.63) is 76.4 Å². The first-order valence-electron chi connectivity index (χ1n) is 17.9. The molecule has 12 nitrogen and oxygen atoms in total. The number of ether oxygens (including phenoxy) is 5. The molecule has 3 N–H and O–H groups in total. The summed E-state index contributed by atoms with van der Waals surface area (Å²) in [7, 11) is 4.16. The number of aryl methyl sites for hydroxylation is 2. The third kappa shape index (κ3) is 16.8. The minimum Gasteiger partial charge on any atom is -0.444 e. The van der Waals surface area contributed by atoms with Crippen molar-refractivity contribution in [2.24, 2.45) is 0 Å². The minimum absolute atomic E-state index is 0.139. The number of rotatable bonds is 22. The predicted octanol–water partition coefficient (Wildman–Crippen LogP) is 4.00. The van der Waals surface area contributed by atoms with Crippen molar-refractivity contribution >= 4 is 23.5 Å². The molecule has 1 aliphatic carbocycles. The first-order chi connectivity index (χ1) is 24.5. The van der Waals surface area contributed by atoms with Gasteiger partial charge in [-0.2, -0.15) is 0 Å². The first kappa shape index (κ1) is 41.6. The molecule has 0 saturated heterocycles. The molecule has 0 heterocycles. The van der Waals surface area contributed by atoms with Gasteiger partial charge in [-0.25, -0.2) is 4.79 Å². The molecular formula is C39H58N4O8. The van der Waals surface area contributed by atoms with E-state index in [1.165, 1.54) is 27.8 Å². The molecule has 0 aliphatic heterocycles. The maximum absolute atomic E-state index is 13.0. The van der Waals surface area contributed by atoms with Gasteiger partial charge in [-0.05, 0) is 94.1 Å². The molecular weight excluding hydrogens is 652 g/mol. The number of alkyl carbamates (subject to hydrolysis) is 1. The lowest BCUT2D eigenvalue weighted by Crippen LogP contribution is -2.35. The monoisotopic (exact) mass is 710 g/mol. The quantitative estimate of drug-likeness (QED) is 0.155. The molecule has 0 aromatic heterocycles. The summed E-state index contributed by atoms with van der Waals surface area (Å²) < 4.78 is 27.0. The summed E-state index contributed by atoms with van der Waals surface area (Å²) in [5.74, 6) is -0.293. The fourth-order valence-corrected chi connectivity index (χ4v) is 5.34. The summed E-state index contributed by atoms with van der Waals surface area (Å²) in [5, 5.41) is 8.37. The second kappa shape index (κ2) is 22.9. The van der Waals surface area contributed by atoms with Gasteiger partial charge < -0.3 is 44.5 Å². The third-order valence-electron chi connectivity index (χ3n) is 7.79. The lowest BCUT2D eigenvalue weighted by Gasteiger charge is -2.19. The van der Waals surface area contributed by atoms with Crippen LogP contribution in [0.5, 0.6) is 0 Å². The maximum Gasteiger partial charge on any atom is 0.407 e. The molecule has 1 aliphatic rings. The van der Waals surface area contributed by atoms with Crippen LogP contribution in [0.2, 0.25) is 0 Å². The van der Waals surface area contributed by atoms with E-state index >= 15 is 0 Å². The summed E-state index contributed by atoms with van der Waals surface area (Å²) in [6.45, 7) is 10.5. The molecule has 0 fully saturated rings. The van der Waals surface area contributed by atoms with Crippen LogP contribution in [-0.4, -0.2) is 122 Å². The third-order valence-corrected chi connectivity index (χ3v) is 7.79. The van der Waals surface area contributed by atoms with Gasteiger partial charge in [0.25, 0.3) is 5.91 Å². The summed E-state index contributed by atoms with van der Waals surface area (Å²) in [5.41, 5.74) is 6.29. The Morgan fingerprint density at radius 1 is 0.725 bits per heavy atom. The normalized spacial score (nSPS) is 13.3. The number of amides is 3. The number of benzene rings is 2. The average molecular weight is 711 g/mol. The van der Waals surface area contributed by atoms with Crippen LogP contribution < -0.4 is 16.0 Å². The van der Waals surface area contributed by atoms with Crippen molar-refractivity contribution in [1.29, 1.82) is 0 Å². The zero-order valence-corrected chi connectivity index (χ0v) is 31.1. The minimum atomic E-state index is -0.527. The highest BCUT2D eigenvalue weighted by Gasteiger charge is 2.19. The lowest BCUT2D eigenvalue weighted by atomic mass is 9.92. The van der Waals surface area contributed by atoms with Crippen molar-refractivity contribution < 1.29 is 38.1 Å². The van der Waals surface area contributed by atoms with Crippen molar-refractivity contribution in [2.75, 3.05) is 93.1 Å². The summed E-state index contributed by atoms with van der Waals surface area (Å²) in [6.07, 6.45) is 4.82. The standard InChI is InChI=1S/C39H58N4O8/c1-39(2,3)51-38(46)42-19-22-48-24-26-50-28-27-49-25-23-47-21-16-36(44)40-17-18-41-37(45)32-14-15-34-31(29-32)13-12-30-9-6-7-10-33(30)35(34)11-8-20-43(4)5/h6-7,9-11,14-15,29H,8,12-13,16-28H2,1-5H3,(H,40,44)(H,41,45)(H,42,46)/b35-11+. The van der Waals surface area contributed by atoms with E-state index < -0.39 is 11.7 Å². The van der Waals surface area contributed by atoms with Gasteiger partial charge in [-0.1, -0.05) is 36.4 Å². The number of hydrogen-bond donors (Lipinski definition) is 3. The van der Waals surface area contributed by atoms with Crippen LogP contribution in [0.25, 0.3) is 5.57 Å². The van der Waals surface area contributed by atoms with E-state index in [2.05, 4.69) is 71.4 Å². The Balaban J connectivity index is 1.21. The van der Waals surface area contributed by atoms with Crippen LogP contribution in [-0.2, 0) is 41.3 Å². The van der Waals surface area contributed by atoms with Crippen LogP contribution in [0, 0.1) is 0 Å². The van der Waals surface area contributed by atoms with E-state index in [0.29, 0.717) is 71.4 Å². The summed E-state index contributed by atoms with van der Waals surface area (Å²) in [4.78, 5) is 38.9. The number of nitrogens with one attached hydrogen (secondary N) is 3. The largest absolute Gasteiger partial charge is 0.444 e. The first-order valence-corrected chi connectivity index (χ1v) is 17.9. The van der Waals surface area contributed by atoms with Gasteiger partial charge in [0.1, 0.15) is 5.60 Å². The Bertz CT molecular complexity index is 1410. The molecule has 51 heavy (non-hydrogen) atoms. The van der Waals surface area contributed by atoms with Crippen LogP contribution in [0.1, 0.15) is 66.2 Å². The van der Waals surface area contributed by atoms with E-state index in [-0.39, 0.29) is 24.8 Å². The Morgan fingerprint density at radius 3 is 2.02 bits per heavy atom. The topological polar surface area (TPSA) is 137 Å². The number of fused-ring (bicyclic) bond motifs is 2. The van der Waals surface area contributed by atoms with Gasteiger partial charge in [0, 0.05) is 38.2 Å². The highest BCUT2D eigenvalue weighted by molar-refractivity contribution is 5.95. The number of nitrogens with zero attached hydrogens (tertiary/aromatic N) is 1. The van der Waals surface area contributed by atoms with E-state index in [9.17, 15) is 14.4 Å². The number of carbonyl (C=O) groups is 3. The van der Waals surface area contributed by atoms with E-state index in [0.717, 1.165) is 25.8 Å². The average Bonchev–Trinajstić information content (AvgIpc) is 3.24. The highest BCUT2D eigenvalue weighted by Crippen LogP contribution is 2.34. The molecule has 0 bridgehead atoms. The zero-order valence-electron chi connectivity index (χ0n) is 31.1. The molecule has 0 atom stereocenters. The van der Waals surface area contributed by atoms with Crippen LogP contribution in [0.3, 0.4) is 0 Å². The van der Waals surface area contributed by atoms with E-state index in [1.54, 1.807) is 0 Å². The molecule has 0 radical (unpaired) electrons. The summed E-state index contributed by atoms with van der Waals surface area (Å²) >= 11 is 0. The van der Waals surface area contributed by atoms with E-state index in [4.69, 9.17) is 23.7 Å². The number of carbonyl (C=O) groups excluding carboxylic acids is 3. The molecule has 2 aromatic carbocycles. The molecule has 3 amide bonds. The molecule has 0 unspecified atom stereocenters. The molecule has 3 rings (SSSR count). The Hall–Kier alpha value is -3.81. The zero-order chi connectivity index (χ0) is 36.9. The second-order valence-corrected chi connectivity index (χ2v) is 13.5. The van der Waals surface area contributed by atoms with Crippen LogP contribution in [0.4, 0.5) is 4.79 Å². The van der Waals surface area contributed by atoms with Crippen LogP contribution >= 0.6 is 0 Å². The SMILES string of the molecule is CN(C)CC/C=C1\c2ccccc2CCc2cc(C(=O)NCCNC(=O)CCOCCOCCOCCOCCNC(=O)OC(C)(C)C)ccc21. The Morgan fingerprint density at radius 2 is 1.33 bits per heavy atom. The Kier molecular flexibility index (Phi) is 18.7. The predicted molar refractivity (Wildman–Crippen MR) is 198 cm³/mol. The lowest BCUT2D eigenvalue weighted by molar-refractivity contribution is -0.122. The van der Waals surface area contributed by atoms with Gasteiger partial charge >= 0.3 is 6.09 Å². The smallest absolute Gasteiger partial charge is 0.407 e. The molecule has 12 heteroatoms. The van der Waals surface area contributed by atoms with Gasteiger partial charge in [0.2, 0.25) is 5.91 Å². The van der Waals surface area contributed by atoms with Crippen molar-refractivity contribution in [1.82, 2.24) is 20.9 Å². The van der Waals surface area contributed by atoms with Crippen molar-refractivity contribution in [3.63, 3.8) is 0 Å². The van der Waals surface area contributed by atoms with Crippen LogP contribution in [0.15, 0.2) is 48.5 Å². The highest BCUT2D eigenvalue weighted by atomic mass is 16.6. The van der Waals surface area contributed by atoms with Gasteiger partial charge in [-0.15, -0.1) is 0 Å². The summed E-state index contributed by atoms with van der Waals surface area (Å²) in [6, 6.07) is 14.5. The fourth-order valence-electron chi connectivity index (χ4n) is 5.34. The molecule has 282 valence electrons. The number of hydrogen-bond acceptors (Lipinski definition) is 9. The van der Waals surface area contributed by atoms with E-state index in [1.807, 2.05) is 32.9 Å². The Labute approximate surface area is 303 Å².